The topological polar surface area (TPSA) is 123 Å². The predicted octanol–water partition coefficient (Wildman–Crippen LogP) is 4.17. The minimum absolute atomic E-state index is 0.108. The molecule has 0 saturated heterocycles. The summed E-state index contributed by atoms with van der Waals surface area (Å²) in [5.41, 5.74) is 2.14. The molecule has 1 atom stereocenters. The van der Waals surface area contributed by atoms with Crippen molar-refractivity contribution in [2.24, 2.45) is 5.92 Å². The summed E-state index contributed by atoms with van der Waals surface area (Å²) in [4.78, 5) is 20.2. The second-order valence-corrected chi connectivity index (χ2v) is 10.8. The standard InChI is InChI=1S/C24H27N5O4S/c1-15(2)21(28-34(31,32)18-10-4-3-5-11-18)23-26-22(27-33-23)16-12-13-20-19(14-16)25-24(30)29(20)17-8-6-7-9-17/h3-5,10-15,17,21,28H,6-9H2,1-2H3,(H,25,30). The fraction of sp³-hybridized carbons (Fsp3) is 0.375. The molecule has 10 heteroatoms. The quantitative estimate of drug-likeness (QED) is 0.408. The van der Waals surface area contributed by atoms with E-state index >= 15 is 0 Å². The number of benzene rings is 2. The van der Waals surface area contributed by atoms with E-state index in [4.69, 9.17) is 4.52 Å². The van der Waals surface area contributed by atoms with Crippen molar-refractivity contribution in [1.29, 1.82) is 0 Å². The van der Waals surface area contributed by atoms with Gasteiger partial charge in [-0.2, -0.15) is 9.71 Å². The van der Waals surface area contributed by atoms with Crippen LogP contribution in [0, 0.1) is 5.92 Å². The van der Waals surface area contributed by atoms with Gasteiger partial charge in [-0.3, -0.25) is 4.57 Å². The van der Waals surface area contributed by atoms with Crippen LogP contribution in [0.2, 0.25) is 0 Å². The molecule has 9 nitrogen and oxygen atoms in total. The predicted molar refractivity (Wildman–Crippen MR) is 128 cm³/mol. The fourth-order valence-corrected chi connectivity index (χ4v) is 5.94. The highest BCUT2D eigenvalue weighted by Crippen LogP contribution is 2.32. The third-order valence-electron chi connectivity index (χ3n) is 6.37. The number of sulfonamides is 1. The molecule has 2 heterocycles. The first kappa shape index (κ1) is 22.5. The van der Waals surface area contributed by atoms with Gasteiger partial charge in [0.2, 0.25) is 21.7 Å². The molecule has 0 radical (unpaired) electrons. The Hall–Kier alpha value is -3.24. The summed E-state index contributed by atoms with van der Waals surface area (Å²) in [5.74, 6) is 0.378. The molecule has 2 N–H and O–H groups in total. The highest BCUT2D eigenvalue weighted by molar-refractivity contribution is 7.89. The molecule has 0 spiro atoms. The van der Waals surface area contributed by atoms with E-state index in [1.807, 2.05) is 36.6 Å². The smallest absolute Gasteiger partial charge is 0.326 e. The third kappa shape index (κ3) is 4.19. The van der Waals surface area contributed by atoms with Crippen LogP contribution in [-0.2, 0) is 10.0 Å². The molecule has 1 unspecified atom stereocenters. The van der Waals surface area contributed by atoms with Crippen LogP contribution < -0.4 is 10.4 Å². The number of nitrogens with zero attached hydrogens (tertiary/aromatic N) is 3. The molecule has 0 bridgehead atoms. The minimum Gasteiger partial charge on any atom is -0.337 e. The zero-order valence-corrected chi connectivity index (χ0v) is 19.9. The Bertz CT molecular complexity index is 1460. The zero-order valence-electron chi connectivity index (χ0n) is 19.1. The Kier molecular flexibility index (Phi) is 5.86. The van der Waals surface area contributed by atoms with E-state index < -0.39 is 16.1 Å². The number of aromatic nitrogens is 4. The largest absolute Gasteiger partial charge is 0.337 e. The molecule has 2 aromatic heterocycles. The van der Waals surface area contributed by atoms with Crippen molar-refractivity contribution in [1.82, 2.24) is 24.4 Å². The summed E-state index contributed by atoms with van der Waals surface area (Å²) in [6.07, 6.45) is 4.30. The molecule has 1 fully saturated rings. The van der Waals surface area contributed by atoms with Crippen molar-refractivity contribution in [3.05, 3.63) is 64.9 Å². The molecule has 34 heavy (non-hydrogen) atoms. The van der Waals surface area contributed by atoms with Crippen molar-refractivity contribution in [2.75, 3.05) is 0 Å². The van der Waals surface area contributed by atoms with Gasteiger partial charge in [0.15, 0.2) is 0 Å². The van der Waals surface area contributed by atoms with Gasteiger partial charge in [-0.15, -0.1) is 0 Å². The SMILES string of the molecule is CC(C)C(NS(=O)(=O)c1ccccc1)c1nc(-c2ccc3c(c2)[nH]c(=O)n3C2CCCC2)no1. The first-order valence-corrected chi connectivity index (χ1v) is 13.0. The van der Waals surface area contributed by atoms with E-state index in [2.05, 4.69) is 19.8 Å². The molecule has 178 valence electrons. The van der Waals surface area contributed by atoms with Crippen molar-refractivity contribution < 1.29 is 12.9 Å². The monoisotopic (exact) mass is 481 g/mol. The van der Waals surface area contributed by atoms with E-state index in [9.17, 15) is 13.2 Å². The van der Waals surface area contributed by atoms with Crippen LogP contribution in [0.15, 0.2) is 62.7 Å². The first-order valence-electron chi connectivity index (χ1n) is 11.5. The molecule has 1 aliphatic rings. The number of H-pyrrole nitrogens is 1. The van der Waals surface area contributed by atoms with Crippen LogP contribution in [0.5, 0.6) is 0 Å². The van der Waals surface area contributed by atoms with Crippen molar-refractivity contribution in [3.8, 4) is 11.4 Å². The third-order valence-corrected chi connectivity index (χ3v) is 7.83. The Morgan fingerprint density at radius 1 is 1.12 bits per heavy atom. The zero-order chi connectivity index (χ0) is 23.9. The summed E-state index contributed by atoms with van der Waals surface area (Å²) in [7, 11) is -3.77. The van der Waals surface area contributed by atoms with Crippen molar-refractivity contribution >= 4 is 21.1 Å². The maximum absolute atomic E-state index is 12.8. The average molecular weight is 482 g/mol. The van der Waals surface area contributed by atoms with Crippen LogP contribution >= 0.6 is 0 Å². The first-order chi connectivity index (χ1) is 16.3. The number of hydrogen-bond donors (Lipinski definition) is 2. The molecule has 1 saturated carbocycles. The molecular formula is C24H27N5O4S. The van der Waals surface area contributed by atoms with E-state index in [0.29, 0.717) is 16.9 Å². The number of imidazole rings is 1. The molecular weight excluding hydrogens is 454 g/mol. The molecule has 0 aliphatic heterocycles. The lowest BCUT2D eigenvalue weighted by Gasteiger charge is -2.18. The van der Waals surface area contributed by atoms with Gasteiger partial charge >= 0.3 is 5.69 Å². The van der Waals surface area contributed by atoms with Crippen LogP contribution in [0.1, 0.15) is 57.5 Å². The lowest BCUT2D eigenvalue weighted by Crippen LogP contribution is -2.32. The van der Waals surface area contributed by atoms with Gasteiger partial charge in [-0.1, -0.05) is 50.0 Å². The highest BCUT2D eigenvalue weighted by atomic mass is 32.2. The van der Waals surface area contributed by atoms with Crippen LogP contribution in [0.4, 0.5) is 0 Å². The molecule has 5 rings (SSSR count). The number of nitrogens with one attached hydrogen (secondary N) is 2. The maximum atomic E-state index is 12.8. The summed E-state index contributed by atoms with van der Waals surface area (Å²) in [5, 5.41) is 4.09. The molecule has 1 aliphatic carbocycles. The van der Waals surface area contributed by atoms with Gasteiger partial charge in [0.05, 0.1) is 15.9 Å². The lowest BCUT2D eigenvalue weighted by molar-refractivity contribution is 0.311. The minimum atomic E-state index is -3.77. The van der Waals surface area contributed by atoms with Gasteiger partial charge in [0.25, 0.3) is 0 Å². The molecule has 2 aromatic carbocycles. The van der Waals surface area contributed by atoms with Gasteiger partial charge in [0.1, 0.15) is 6.04 Å². The number of hydrogen-bond acceptors (Lipinski definition) is 6. The molecule has 4 aromatic rings. The van der Waals surface area contributed by atoms with Gasteiger partial charge in [0, 0.05) is 11.6 Å². The Morgan fingerprint density at radius 3 is 2.56 bits per heavy atom. The van der Waals surface area contributed by atoms with Gasteiger partial charge < -0.3 is 9.51 Å². The molecule has 0 amide bonds. The van der Waals surface area contributed by atoms with Crippen LogP contribution in [0.25, 0.3) is 22.4 Å². The lowest BCUT2D eigenvalue weighted by atomic mass is 10.1. The Morgan fingerprint density at radius 2 is 1.85 bits per heavy atom. The average Bonchev–Trinajstić information content (AvgIpc) is 3.57. The number of fused-ring (bicyclic) bond motifs is 1. The summed E-state index contributed by atoms with van der Waals surface area (Å²) < 4.78 is 35.7. The number of rotatable bonds is 7. The summed E-state index contributed by atoms with van der Waals surface area (Å²) in [6.45, 7) is 3.76. The fourth-order valence-electron chi connectivity index (χ4n) is 4.58. The van der Waals surface area contributed by atoms with Crippen LogP contribution in [0.3, 0.4) is 0 Å². The summed E-state index contributed by atoms with van der Waals surface area (Å²) in [6, 6.07) is 13.3. The van der Waals surface area contributed by atoms with Gasteiger partial charge in [-0.25, -0.2) is 13.2 Å². The number of aromatic amines is 1. The summed E-state index contributed by atoms with van der Waals surface area (Å²) >= 11 is 0. The maximum Gasteiger partial charge on any atom is 0.326 e. The van der Waals surface area contributed by atoms with E-state index in [-0.39, 0.29) is 28.4 Å². The second kappa shape index (κ2) is 8.84. The van der Waals surface area contributed by atoms with E-state index in [1.165, 1.54) is 12.1 Å². The normalized spacial score (nSPS) is 16.0. The van der Waals surface area contributed by atoms with Crippen molar-refractivity contribution in [2.45, 2.75) is 56.5 Å². The van der Waals surface area contributed by atoms with Crippen molar-refractivity contribution in [3.63, 3.8) is 0 Å². The van der Waals surface area contributed by atoms with E-state index in [1.54, 1.807) is 18.2 Å². The van der Waals surface area contributed by atoms with Crippen LogP contribution in [-0.4, -0.2) is 28.1 Å². The Balaban J connectivity index is 1.44. The second-order valence-electron chi connectivity index (χ2n) is 9.08. The van der Waals surface area contributed by atoms with E-state index in [0.717, 1.165) is 31.2 Å². The highest BCUT2D eigenvalue weighted by Gasteiger charge is 2.29. The van der Waals surface area contributed by atoms with Gasteiger partial charge in [-0.05, 0) is 49.1 Å². The Labute approximate surface area is 197 Å².